The summed E-state index contributed by atoms with van der Waals surface area (Å²) >= 11 is 0. The summed E-state index contributed by atoms with van der Waals surface area (Å²) in [4.78, 5) is 80.6. The summed E-state index contributed by atoms with van der Waals surface area (Å²) in [7, 11) is 0. The molecule has 14 heteroatoms. The number of carbonyl (C=O) groups excluding carboxylic acids is 6. The number of ether oxygens (including phenoxy) is 1. The first kappa shape index (κ1) is 37.1. The van der Waals surface area contributed by atoms with E-state index in [0.29, 0.717) is 48.5 Å². The molecule has 14 nitrogen and oxygen atoms in total. The number of Topliss-reactive ketones (excluding diaryl/α,β-unsaturated/α-hetero) is 1. The molecule has 4 atom stereocenters. The molecular weight excluding hydrogens is 630 g/mol. The zero-order valence-corrected chi connectivity index (χ0v) is 29.3. The van der Waals surface area contributed by atoms with Gasteiger partial charge in [-0.05, 0) is 70.6 Å². The van der Waals surface area contributed by atoms with Gasteiger partial charge < -0.3 is 30.9 Å². The number of nitrogens with zero attached hydrogens (tertiary/aromatic N) is 3. The fraction of sp³-hybridized carbons (Fsp3) is 0.571. The number of fused-ring (bicyclic) bond motifs is 14. The van der Waals surface area contributed by atoms with Gasteiger partial charge >= 0.3 is 0 Å². The Balaban J connectivity index is 1.54. The molecule has 1 saturated heterocycles. The Morgan fingerprint density at radius 3 is 2.41 bits per heavy atom. The summed E-state index contributed by atoms with van der Waals surface area (Å²) in [6, 6.07) is 3.45. The van der Waals surface area contributed by atoms with E-state index >= 15 is 0 Å². The maximum Gasteiger partial charge on any atom is 0.245 e. The topological polar surface area (TPSA) is 181 Å². The van der Waals surface area contributed by atoms with Crippen molar-refractivity contribution in [3.63, 3.8) is 0 Å². The molecule has 49 heavy (non-hydrogen) atoms. The van der Waals surface area contributed by atoms with Crippen molar-refractivity contribution in [3.8, 4) is 5.75 Å². The lowest BCUT2D eigenvalue weighted by Crippen LogP contribution is -2.58. The van der Waals surface area contributed by atoms with Crippen LogP contribution >= 0.6 is 0 Å². The first-order valence-electron chi connectivity index (χ1n) is 17.0. The van der Waals surface area contributed by atoms with Crippen LogP contribution in [-0.2, 0) is 36.9 Å². The number of hydrogen-bond acceptors (Lipinski definition) is 8. The Kier molecular flexibility index (Phi) is 12.5. The van der Waals surface area contributed by atoms with Crippen molar-refractivity contribution < 1.29 is 33.5 Å². The number of nitrogens with one attached hydrogen (secondary N) is 4. The van der Waals surface area contributed by atoms with Crippen LogP contribution in [0.4, 0.5) is 0 Å². The molecule has 5 rings (SSSR count). The molecule has 2 bridgehead atoms. The molecule has 0 radical (unpaired) electrons. The second kappa shape index (κ2) is 16.6. The molecule has 3 aliphatic rings. The SMILES string of the molecule is CC(=O)c1c(C)nn(CCC(=O)N[C@H]2Cc3ccc(cc3)OCCNC(=O)[C@H]3CCCN3C(=O)[C@H](CC(C)C)NC(=O)[C@@H](C)NC2=O)c1C. The highest BCUT2D eigenvalue weighted by atomic mass is 16.5. The van der Waals surface area contributed by atoms with E-state index in [1.165, 1.54) is 18.7 Å². The summed E-state index contributed by atoms with van der Waals surface area (Å²) in [6.07, 6.45) is 1.65. The highest BCUT2D eigenvalue weighted by molar-refractivity contribution is 5.97. The average molecular weight is 680 g/mol. The lowest BCUT2D eigenvalue weighted by atomic mass is 10.0. The summed E-state index contributed by atoms with van der Waals surface area (Å²) in [5, 5.41) is 15.6. The van der Waals surface area contributed by atoms with E-state index in [1.807, 2.05) is 13.8 Å². The van der Waals surface area contributed by atoms with Gasteiger partial charge in [-0.3, -0.25) is 33.4 Å². The second-order valence-corrected chi connectivity index (χ2v) is 13.3. The number of ketones is 1. The minimum absolute atomic E-state index is 0.00106. The Labute approximate surface area is 287 Å². The third kappa shape index (κ3) is 9.67. The van der Waals surface area contributed by atoms with E-state index in [-0.39, 0.29) is 56.1 Å². The smallest absolute Gasteiger partial charge is 0.245 e. The van der Waals surface area contributed by atoms with Crippen LogP contribution in [-0.4, -0.2) is 93.9 Å². The van der Waals surface area contributed by atoms with E-state index in [2.05, 4.69) is 26.4 Å². The van der Waals surface area contributed by atoms with Crippen LogP contribution in [0.25, 0.3) is 0 Å². The Bertz CT molecular complexity index is 1550. The van der Waals surface area contributed by atoms with Crippen molar-refractivity contribution in [1.29, 1.82) is 0 Å². The largest absolute Gasteiger partial charge is 0.492 e. The molecule has 1 fully saturated rings. The van der Waals surface area contributed by atoms with Gasteiger partial charge in [0.1, 0.15) is 36.5 Å². The second-order valence-electron chi connectivity index (χ2n) is 13.3. The Morgan fingerprint density at radius 1 is 1.04 bits per heavy atom. The monoisotopic (exact) mass is 679 g/mol. The fourth-order valence-electron chi connectivity index (χ4n) is 6.40. The van der Waals surface area contributed by atoms with Gasteiger partial charge in [-0.2, -0.15) is 5.10 Å². The highest BCUT2D eigenvalue weighted by Crippen LogP contribution is 2.21. The van der Waals surface area contributed by atoms with Gasteiger partial charge in [0.25, 0.3) is 0 Å². The maximum atomic E-state index is 13.7. The normalized spacial score (nSPS) is 22.6. The van der Waals surface area contributed by atoms with E-state index in [9.17, 15) is 28.8 Å². The number of amides is 5. The molecule has 3 aliphatic heterocycles. The highest BCUT2D eigenvalue weighted by Gasteiger charge is 2.38. The van der Waals surface area contributed by atoms with Crippen molar-refractivity contribution >= 4 is 35.3 Å². The van der Waals surface area contributed by atoms with Crippen molar-refractivity contribution in [3.05, 3.63) is 46.8 Å². The summed E-state index contributed by atoms with van der Waals surface area (Å²) in [5.74, 6) is -1.62. The number of rotatable bonds is 7. The molecule has 266 valence electrons. The predicted octanol–water partition coefficient (Wildman–Crippen LogP) is 1.36. The molecule has 1 aromatic carbocycles. The van der Waals surface area contributed by atoms with Crippen molar-refractivity contribution in [2.75, 3.05) is 19.7 Å². The van der Waals surface area contributed by atoms with Crippen LogP contribution in [0.1, 0.15) is 80.7 Å². The minimum Gasteiger partial charge on any atom is -0.492 e. The standard InChI is InChI=1S/C35H49N7O7/c1-20(2)18-28-35(48)41-15-7-8-29(41)34(47)36-14-17-49-26-11-9-25(10-12-26)19-27(33(46)37-22(4)32(45)39-28)38-30(44)13-16-42-23(5)31(24(6)43)21(3)40-42/h9-12,20,22,27-29H,7-8,13-19H2,1-6H3,(H,36,47)(H,37,46)(H,38,44)(H,39,45)/t22-,27+,28+,29-/m1/s1. The number of aryl methyl sites for hydroxylation is 2. The third-order valence-electron chi connectivity index (χ3n) is 8.88. The molecule has 4 N–H and O–H groups in total. The van der Waals surface area contributed by atoms with E-state index in [4.69, 9.17) is 4.74 Å². The number of carbonyl (C=O) groups is 6. The van der Waals surface area contributed by atoms with Crippen LogP contribution in [0, 0.1) is 19.8 Å². The van der Waals surface area contributed by atoms with Crippen LogP contribution in [0.5, 0.6) is 5.75 Å². The van der Waals surface area contributed by atoms with Crippen molar-refractivity contribution in [2.24, 2.45) is 5.92 Å². The number of benzene rings is 1. The molecule has 4 heterocycles. The molecule has 2 aromatic rings. The first-order chi connectivity index (χ1) is 23.2. The quantitative estimate of drug-likeness (QED) is 0.317. The van der Waals surface area contributed by atoms with E-state index < -0.39 is 41.9 Å². The fourth-order valence-corrected chi connectivity index (χ4v) is 6.40. The summed E-state index contributed by atoms with van der Waals surface area (Å²) in [5.41, 5.74) is 2.51. The van der Waals surface area contributed by atoms with Crippen molar-refractivity contribution in [2.45, 2.75) is 104 Å². The van der Waals surface area contributed by atoms with Crippen molar-refractivity contribution in [1.82, 2.24) is 35.9 Å². The minimum atomic E-state index is -1.03. The molecule has 1 aromatic heterocycles. The summed E-state index contributed by atoms with van der Waals surface area (Å²) in [6.45, 7) is 11.4. The molecule has 0 unspecified atom stereocenters. The molecule has 0 saturated carbocycles. The third-order valence-corrected chi connectivity index (χ3v) is 8.88. The van der Waals surface area contributed by atoms with Crippen LogP contribution < -0.4 is 26.0 Å². The van der Waals surface area contributed by atoms with E-state index in [1.54, 1.807) is 42.8 Å². The van der Waals surface area contributed by atoms with Crippen LogP contribution in [0.3, 0.4) is 0 Å². The molecule has 5 amide bonds. The lowest BCUT2D eigenvalue weighted by molar-refractivity contribution is -0.142. The zero-order valence-electron chi connectivity index (χ0n) is 29.3. The zero-order chi connectivity index (χ0) is 35.8. The van der Waals surface area contributed by atoms with Crippen LogP contribution in [0.2, 0.25) is 0 Å². The first-order valence-corrected chi connectivity index (χ1v) is 17.0. The van der Waals surface area contributed by atoms with Gasteiger partial charge in [0.05, 0.1) is 17.8 Å². The molecular formula is C35H49N7O7. The van der Waals surface area contributed by atoms with Gasteiger partial charge in [0.2, 0.25) is 29.5 Å². The molecule has 0 spiro atoms. The molecule has 0 aliphatic carbocycles. The number of hydrogen-bond donors (Lipinski definition) is 4. The Morgan fingerprint density at radius 2 is 1.76 bits per heavy atom. The Hall–Kier alpha value is -4.75. The van der Waals surface area contributed by atoms with E-state index in [0.717, 1.165) is 5.56 Å². The number of aromatic nitrogens is 2. The summed E-state index contributed by atoms with van der Waals surface area (Å²) < 4.78 is 7.41. The lowest BCUT2D eigenvalue weighted by Gasteiger charge is -2.30. The van der Waals surface area contributed by atoms with Gasteiger partial charge in [0.15, 0.2) is 5.78 Å². The maximum absolute atomic E-state index is 13.7. The predicted molar refractivity (Wildman–Crippen MR) is 181 cm³/mol. The van der Waals surface area contributed by atoms with Gasteiger partial charge in [-0.15, -0.1) is 0 Å². The van der Waals surface area contributed by atoms with Crippen LogP contribution in [0.15, 0.2) is 24.3 Å². The van der Waals surface area contributed by atoms with Gasteiger partial charge in [0, 0.05) is 31.6 Å². The van der Waals surface area contributed by atoms with Gasteiger partial charge in [-0.25, -0.2) is 0 Å². The average Bonchev–Trinajstić information content (AvgIpc) is 3.64. The van der Waals surface area contributed by atoms with Gasteiger partial charge in [-0.1, -0.05) is 26.0 Å².